The molecule has 2 rings (SSSR count). The molecule has 21 heavy (non-hydrogen) atoms. The summed E-state index contributed by atoms with van der Waals surface area (Å²) < 4.78 is 76.6. The minimum absolute atomic E-state index is 0.497. The van der Waals surface area contributed by atoms with Crippen molar-refractivity contribution in [3.8, 4) is 0 Å². The van der Waals surface area contributed by atoms with Crippen molar-refractivity contribution < 1.29 is 43.5 Å². The zero-order valence-corrected chi connectivity index (χ0v) is 13.6. The van der Waals surface area contributed by atoms with Gasteiger partial charge in [0.25, 0.3) is 0 Å². The average molecular weight is 356 g/mol. The van der Waals surface area contributed by atoms with Crippen molar-refractivity contribution in [1.29, 1.82) is 0 Å². The number of hydrogen-bond acceptors (Lipinski definition) is 0. The number of hydrogen-bond donors (Lipinski definition) is 0. The number of alkyl halides is 6. The summed E-state index contributed by atoms with van der Waals surface area (Å²) in [4.78, 5) is 0. The zero-order valence-electron chi connectivity index (χ0n) is 10.6. The maximum atomic E-state index is 12.6. The van der Waals surface area contributed by atoms with E-state index in [1.807, 2.05) is 0 Å². The standard InChI is InChI=1S/2C7H4F3.Zn/c2*8-7(9,10)6-4-2-1-3-5-6;/h2*1-2,4-5H;. The van der Waals surface area contributed by atoms with Gasteiger partial charge in [-0.2, -0.15) is 0 Å². The Morgan fingerprint density at radius 1 is 0.619 bits per heavy atom. The third-order valence-corrected chi connectivity index (χ3v) is 6.48. The molecule has 0 heterocycles. The molecule has 0 aromatic heterocycles. The molecule has 0 atom stereocenters. The Morgan fingerprint density at radius 2 is 1.00 bits per heavy atom. The van der Waals surface area contributed by atoms with Gasteiger partial charge in [0.15, 0.2) is 0 Å². The molecule has 0 nitrogen and oxygen atoms in total. The van der Waals surface area contributed by atoms with E-state index in [1.165, 1.54) is 24.3 Å². The van der Waals surface area contributed by atoms with Crippen LogP contribution in [-0.4, -0.2) is 0 Å². The van der Waals surface area contributed by atoms with Gasteiger partial charge in [0, 0.05) is 0 Å². The van der Waals surface area contributed by atoms with Gasteiger partial charge in [0.05, 0.1) is 0 Å². The topological polar surface area (TPSA) is 0 Å². The predicted molar refractivity (Wildman–Crippen MR) is 62.2 cm³/mol. The third-order valence-electron chi connectivity index (χ3n) is 2.92. The SMILES string of the molecule is FC(F)(F)c1ccc[c]([Zn][c]2cccc(C(F)(F)F)c2)c1. The average Bonchev–Trinajstić information content (AvgIpc) is 2.37. The van der Waals surface area contributed by atoms with Crippen LogP contribution in [0.1, 0.15) is 11.1 Å². The van der Waals surface area contributed by atoms with E-state index < -0.39 is 40.6 Å². The second kappa shape index (κ2) is 5.80. The minimum atomic E-state index is -4.44. The molecule has 0 aliphatic carbocycles. The van der Waals surface area contributed by atoms with Gasteiger partial charge in [-0.1, -0.05) is 0 Å². The summed E-state index contributed by atoms with van der Waals surface area (Å²) in [6, 6.07) is 9.62. The van der Waals surface area contributed by atoms with Crippen LogP contribution in [0.5, 0.6) is 0 Å². The summed E-state index contributed by atoms with van der Waals surface area (Å²) >= 11 is -1.88. The van der Waals surface area contributed by atoms with Crippen molar-refractivity contribution in [1.82, 2.24) is 0 Å². The van der Waals surface area contributed by atoms with Crippen LogP contribution >= 0.6 is 0 Å². The molecule has 0 fully saturated rings. The van der Waals surface area contributed by atoms with E-state index in [1.54, 1.807) is 0 Å². The van der Waals surface area contributed by atoms with Crippen LogP contribution in [0.25, 0.3) is 0 Å². The second-order valence-corrected chi connectivity index (χ2v) is 8.74. The van der Waals surface area contributed by atoms with Crippen molar-refractivity contribution >= 4 is 8.32 Å². The van der Waals surface area contributed by atoms with Gasteiger partial charge < -0.3 is 0 Å². The van der Waals surface area contributed by atoms with Crippen molar-refractivity contribution in [3.63, 3.8) is 0 Å². The fraction of sp³-hybridized carbons (Fsp3) is 0.143. The molecule has 0 saturated heterocycles. The number of benzene rings is 2. The van der Waals surface area contributed by atoms with Crippen molar-refractivity contribution in [2.24, 2.45) is 0 Å². The molecule has 0 N–H and O–H groups in total. The summed E-state index contributed by atoms with van der Waals surface area (Å²) in [5, 5.41) is 0. The summed E-state index contributed by atoms with van der Waals surface area (Å²) in [6.07, 6.45) is -8.88. The first-order valence-electron chi connectivity index (χ1n) is 5.98. The molecule has 0 saturated carbocycles. The van der Waals surface area contributed by atoms with Gasteiger partial charge in [-0.25, -0.2) is 0 Å². The van der Waals surface area contributed by atoms with Crippen LogP contribution in [0.4, 0.5) is 26.3 Å². The zero-order chi connectivity index (χ0) is 15.7. The molecule has 0 amide bonds. The summed E-state index contributed by atoms with van der Waals surface area (Å²) in [6.45, 7) is 0. The van der Waals surface area contributed by atoms with Gasteiger partial charge in [0.1, 0.15) is 0 Å². The van der Waals surface area contributed by atoms with Crippen LogP contribution < -0.4 is 8.32 Å². The molecule has 2 aromatic rings. The first-order valence-corrected chi connectivity index (χ1v) is 8.95. The van der Waals surface area contributed by atoms with Gasteiger partial charge in [-0.3, -0.25) is 0 Å². The van der Waals surface area contributed by atoms with Gasteiger partial charge in [-0.05, 0) is 0 Å². The van der Waals surface area contributed by atoms with Crippen molar-refractivity contribution in [2.45, 2.75) is 12.4 Å². The van der Waals surface area contributed by atoms with E-state index in [4.69, 9.17) is 0 Å². The Morgan fingerprint density at radius 3 is 1.33 bits per heavy atom. The van der Waals surface area contributed by atoms with Gasteiger partial charge in [-0.15, -0.1) is 0 Å². The molecule has 0 spiro atoms. The predicted octanol–water partition coefficient (Wildman–Crippen LogP) is 3.76. The molecular weight excluding hydrogens is 348 g/mol. The van der Waals surface area contributed by atoms with Crippen LogP contribution in [0.2, 0.25) is 0 Å². The quantitative estimate of drug-likeness (QED) is 0.568. The second-order valence-electron chi connectivity index (χ2n) is 4.57. The maximum absolute atomic E-state index is 12.6. The molecule has 2 aromatic carbocycles. The Labute approximate surface area is 124 Å². The molecule has 0 bridgehead atoms. The van der Waals surface area contributed by atoms with Crippen LogP contribution in [-0.2, 0) is 29.5 Å². The van der Waals surface area contributed by atoms with E-state index in [2.05, 4.69) is 0 Å². The Kier molecular flexibility index (Phi) is 4.42. The van der Waals surface area contributed by atoms with E-state index >= 15 is 0 Å². The monoisotopic (exact) mass is 354 g/mol. The van der Waals surface area contributed by atoms with E-state index in [0.717, 1.165) is 24.3 Å². The molecule has 108 valence electrons. The van der Waals surface area contributed by atoms with Crippen LogP contribution in [0.15, 0.2) is 48.5 Å². The van der Waals surface area contributed by atoms with Crippen molar-refractivity contribution in [3.05, 3.63) is 59.7 Å². The van der Waals surface area contributed by atoms with Crippen molar-refractivity contribution in [2.75, 3.05) is 0 Å². The molecule has 0 radical (unpaired) electrons. The fourth-order valence-corrected chi connectivity index (χ4v) is 5.36. The summed E-state index contributed by atoms with van der Waals surface area (Å²) in [5.41, 5.74) is -1.53. The number of rotatable bonds is 2. The molecular formula is C14H8F6Zn. The number of halogens is 6. The van der Waals surface area contributed by atoms with E-state index in [9.17, 15) is 26.3 Å². The normalized spacial score (nSPS) is 12.1. The first kappa shape index (κ1) is 16.0. The Hall–Kier alpha value is -1.36. The van der Waals surface area contributed by atoms with E-state index in [-0.39, 0.29) is 0 Å². The van der Waals surface area contributed by atoms with Gasteiger partial charge >= 0.3 is 124 Å². The molecule has 0 aliphatic heterocycles. The molecule has 7 heteroatoms. The summed E-state index contributed by atoms with van der Waals surface area (Å²) in [7, 11) is 0. The Bertz CT molecular complexity index is 574. The first-order chi connectivity index (χ1) is 9.66. The summed E-state index contributed by atoms with van der Waals surface area (Å²) in [5.74, 6) is 0. The Balaban J connectivity index is 2.27. The molecule has 0 unspecified atom stereocenters. The van der Waals surface area contributed by atoms with Gasteiger partial charge in [0.2, 0.25) is 0 Å². The van der Waals surface area contributed by atoms with Crippen LogP contribution in [0, 0.1) is 0 Å². The third kappa shape index (κ3) is 4.30. The molecule has 0 aliphatic rings. The van der Waals surface area contributed by atoms with E-state index in [0.29, 0.717) is 8.32 Å². The van der Waals surface area contributed by atoms with Crippen LogP contribution in [0.3, 0.4) is 0 Å². The fourth-order valence-electron chi connectivity index (χ4n) is 1.95.